The lowest BCUT2D eigenvalue weighted by Crippen LogP contribution is -2.63. The summed E-state index contributed by atoms with van der Waals surface area (Å²) in [7, 11) is -1.56. The molecule has 8 N–H and O–H groups in total. The van der Waals surface area contributed by atoms with E-state index < -0.39 is 84.8 Å². The van der Waals surface area contributed by atoms with Gasteiger partial charge in [-0.25, -0.2) is 0 Å². The molecule has 254 valence electrons. The van der Waals surface area contributed by atoms with Crippen LogP contribution in [0.2, 0.25) is 0 Å². The standard InChI is InChI=1S/C28H36N4O9.H2O4S/c1-6-8-31(12(3)7-2)16-11-17(32(40)41)22(33)19-14(16)9-13-10-15-21(30(4)5)24(35)20(27(29)38)26(37)28(15,39)25(36)18(13)23(19)34;1-5(2,3)4/h11-13,15,21,33,35-36,39H,6-10H2,1-5H3,(H2,29,38);(H2,1,2,3,4)/t12?,13?,15?,21-,28-;/m0./s1. The summed E-state index contributed by atoms with van der Waals surface area (Å²) in [4.78, 5) is 54.2. The number of nitrogens with two attached hydrogens (primary N) is 1. The minimum absolute atomic E-state index is 0.0477. The van der Waals surface area contributed by atoms with Crippen molar-refractivity contribution in [2.24, 2.45) is 17.6 Å². The first-order chi connectivity index (χ1) is 21.1. The average Bonchev–Trinajstić information content (AvgIpc) is 2.92. The number of phenols is 1. The third kappa shape index (κ3) is 6.17. The number of allylic oxidation sites excluding steroid dienone is 1. The second-order valence-electron chi connectivity index (χ2n) is 11.7. The van der Waals surface area contributed by atoms with E-state index in [0.717, 1.165) is 0 Å². The Morgan fingerprint density at radius 2 is 1.76 bits per heavy atom. The van der Waals surface area contributed by atoms with Gasteiger partial charge in [0.2, 0.25) is 11.5 Å². The number of nitro groups is 1. The van der Waals surface area contributed by atoms with E-state index in [-0.39, 0.29) is 30.0 Å². The highest BCUT2D eigenvalue weighted by Crippen LogP contribution is 2.54. The van der Waals surface area contributed by atoms with E-state index in [0.29, 0.717) is 30.6 Å². The minimum Gasteiger partial charge on any atom is -0.510 e. The van der Waals surface area contributed by atoms with Crippen molar-refractivity contribution in [1.82, 2.24) is 4.90 Å². The Morgan fingerprint density at radius 1 is 1.20 bits per heavy atom. The molecule has 4 rings (SSSR count). The Labute approximate surface area is 264 Å². The van der Waals surface area contributed by atoms with Gasteiger partial charge in [0.05, 0.1) is 16.5 Å². The van der Waals surface area contributed by atoms with Gasteiger partial charge >= 0.3 is 16.1 Å². The molecule has 0 bridgehead atoms. The first-order valence-corrected chi connectivity index (χ1v) is 15.7. The molecule has 3 aliphatic rings. The summed E-state index contributed by atoms with van der Waals surface area (Å²) in [5.74, 6) is -8.10. The Balaban J connectivity index is 0.00000107. The van der Waals surface area contributed by atoms with Crippen LogP contribution in [-0.2, 0) is 26.4 Å². The molecule has 1 aromatic rings. The maximum absolute atomic E-state index is 14.0. The largest absolute Gasteiger partial charge is 0.510 e. The van der Waals surface area contributed by atoms with Crippen molar-refractivity contribution in [1.29, 1.82) is 0 Å². The summed E-state index contributed by atoms with van der Waals surface area (Å²) < 4.78 is 31.6. The highest BCUT2D eigenvalue weighted by Gasteiger charge is 2.63. The van der Waals surface area contributed by atoms with Gasteiger partial charge in [-0.15, -0.1) is 0 Å². The Morgan fingerprint density at radius 3 is 2.22 bits per heavy atom. The molecule has 0 aliphatic heterocycles. The molecule has 0 radical (unpaired) electrons. The van der Waals surface area contributed by atoms with E-state index in [4.69, 9.17) is 23.3 Å². The molecule has 0 spiro atoms. The van der Waals surface area contributed by atoms with Gasteiger partial charge in [-0.2, -0.15) is 8.42 Å². The number of fused-ring (bicyclic) bond motifs is 3. The number of hydrogen-bond acceptors (Lipinski definition) is 13. The van der Waals surface area contributed by atoms with E-state index in [1.165, 1.54) is 11.0 Å². The van der Waals surface area contributed by atoms with Crippen LogP contribution in [0.3, 0.4) is 0 Å². The number of aliphatic hydroxyl groups excluding tert-OH is 2. The van der Waals surface area contributed by atoms with Gasteiger partial charge in [-0.3, -0.25) is 38.5 Å². The first kappa shape index (κ1) is 36.4. The van der Waals surface area contributed by atoms with Crippen molar-refractivity contribution in [2.75, 3.05) is 25.5 Å². The molecule has 17 nitrogen and oxygen atoms in total. The van der Waals surface area contributed by atoms with E-state index in [9.17, 15) is 44.9 Å². The van der Waals surface area contributed by atoms with Crippen molar-refractivity contribution < 1.29 is 57.3 Å². The number of anilines is 1. The summed E-state index contributed by atoms with van der Waals surface area (Å²) >= 11 is 0. The number of primary amides is 1. The summed E-state index contributed by atoms with van der Waals surface area (Å²) in [6.45, 7) is 6.38. The van der Waals surface area contributed by atoms with E-state index in [1.54, 1.807) is 14.1 Å². The maximum atomic E-state index is 14.0. The number of carbonyl (C=O) groups is 3. The minimum atomic E-state index is -4.67. The number of likely N-dealkylation sites (N-methyl/N-ethyl adjacent to an activating group) is 1. The zero-order valence-electron chi connectivity index (χ0n) is 25.8. The predicted octanol–water partition coefficient (Wildman–Crippen LogP) is 1.39. The summed E-state index contributed by atoms with van der Waals surface area (Å²) in [6.07, 6.45) is 1.38. The number of phenolic OH excluding ortho intramolecular Hbond substituents is 1. The molecule has 18 heteroatoms. The lowest BCUT2D eigenvalue weighted by Gasteiger charge is -2.50. The van der Waals surface area contributed by atoms with Crippen molar-refractivity contribution in [3.63, 3.8) is 0 Å². The topological polar surface area (TPSA) is 282 Å². The number of nitrogens with zero attached hydrogens (tertiary/aromatic N) is 3. The lowest BCUT2D eigenvalue weighted by atomic mass is 9.58. The SMILES string of the molecule is CCCN(c1cc([N+](=O)[O-])c(O)c2c1CC1CC3[C@H](N(C)C)C(O)=C(C(N)=O)C(=O)[C@@]3(O)C(O)=C1C2=O)C(C)CC.O=S(=O)(O)O. The molecule has 1 amide bonds. The van der Waals surface area contributed by atoms with Gasteiger partial charge < -0.3 is 31.1 Å². The third-order valence-corrected chi connectivity index (χ3v) is 8.77. The lowest BCUT2D eigenvalue weighted by molar-refractivity contribution is -0.385. The molecule has 3 unspecified atom stereocenters. The van der Waals surface area contributed by atoms with Crippen LogP contribution >= 0.6 is 0 Å². The van der Waals surface area contributed by atoms with Crippen molar-refractivity contribution in [3.05, 3.63) is 50.0 Å². The first-order valence-electron chi connectivity index (χ1n) is 14.3. The monoisotopic (exact) mass is 670 g/mol. The Hall–Kier alpha value is -4.10. The van der Waals surface area contributed by atoms with Crippen LogP contribution in [0.15, 0.2) is 28.7 Å². The number of aromatic hydroxyl groups is 1. The van der Waals surface area contributed by atoms with Gasteiger partial charge in [0.25, 0.3) is 5.91 Å². The highest BCUT2D eigenvalue weighted by molar-refractivity contribution is 7.79. The smallest absolute Gasteiger partial charge is 0.394 e. The van der Waals surface area contributed by atoms with Crippen molar-refractivity contribution in [3.8, 4) is 5.75 Å². The van der Waals surface area contributed by atoms with Crippen LogP contribution < -0.4 is 10.6 Å². The van der Waals surface area contributed by atoms with Gasteiger partial charge in [-0.1, -0.05) is 13.8 Å². The maximum Gasteiger partial charge on any atom is 0.394 e. The number of aliphatic hydroxyl groups is 3. The van der Waals surface area contributed by atoms with Crippen molar-refractivity contribution >= 4 is 39.2 Å². The predicted molar refractivity (Wildman–Crippen MR) is 162 cm³/mol. The molecule has 46 heavy (non-hydrogen) atoms. The van der Waals surface area contributed by atoms with Gasteiger partial charge in [0.1, 0.15) is 17.1 Å². The molecule has 0 aromatic heterocycles. The zero-order chi connectivity index (χ0) is 35.2. The number of amides is 1. The third-order valence-electron chi connectivity index (χ3n) is 8.77. The van der Waals surface area contributed by atoms with Crippen LogP contribution in [0.5, 0.6) is 5.75 Å². The average molecular weight is 671 g/mol. The van der Waals surface area contributed by atoms with E-state index in [2.05, 4.69) is 0 Å². The molecule has 1 aromatic carbocycles. The van der Waals surface area contributed by atoms with Crippen LogP contribution in [0.4, 0.5) is 11.4 Å². The molecule has 5 atom stereocenters. The fourth-order valence-corrected chi connectivity index (χ4v) is 6.72. The number of Topliss-reactive ketones (excluding diaryl/α,β-unsaturated/α-hetero) is 2. The van der Waals surface area contributed by atoms with Crippen LogP contribution in [0, 0.1) is 22.0 Å². The van der Waals surface area contributed by atoms with E-state index >= 15 is 0 Å². The molecular weight excluding hydrogens is 632 g/mol. The number of carbonyl (C=O) groups excluding carboxylic acids is 3. The van der Waals surface area contributed by atoms with Gasteiger partial charge in [0, 0.05) is 35.8 Å². The normalized spacial score (nSPS) is 24.8. The van der Waals surface area contributed by atoms with Crippen LogP contribution in [0.1, 0.15) is 56.0 Å². The number of rotatable bonds is 8. The van der Waals surface area contributed by atoms with Crippen molar-refractivity contribution in [2.45, 2.75) is 64.1 Å². The number of benzene rings is 1. The highest BCUT2D eigenvalue weighted by atomic mass is 32.3. The molecule has 0 saturated carbocycles. The molecule has 3 aliphatic carbocycles. The summed E-state index contributed by atoms with van der Waals surface area (Å²) in [5.41, 5.74) is 1.02. The molecule has 0 heterocycles. The molecule has 0 saturated heterocycles. The zero-order valence-corrected chi connectivity index (χ0v) is 26.6. The summed E-state index contributed by atoms with van der Waals surface area (Å²) in [5, 5.41) is 57.0. The summed E-state index contributed by atoms with van der Waals surface area (Å²) in [6, 6.07) is 0.0857. The second kappa shape index (κ2) is 13.0. The van der Waals surface area contributed by atoms with Gasteiger partial charge in [0.15, 0.2) is 11.4 Å². The van der Waals surface area contributed by atoms with Crippen LogP contribution in [0.25, 0.3) is 0 Å². The Bertz CT molecular complexity index is 1640. The molecule has 0 fully saturated rings. The van der Waals surface area contributed by atoms with Gasteiger partial charge in [-0.05, 0) is 58.2 Å². The Kier molecular flexibility index (Phi) is 10.2. The van der Waals surface area contributed by atoms with E-state index in [1.807, 2.05) is 25.7 Å². The molecular formula is C28H38N4O13S. The fourth-order valence-electron chi connectivity index (χ4n) is 6.72. The number of hydrogen-bond donors (Lipinski definition) is 7. The number of ketones is 2. The number of nitro benzene ring substituents is 1. The second-order valence-corrected chi connectivity index (χ2v) is 12.6. The quantitative estimate of drug-likeness (QED) is 0.0890. The van der Waals surface area contributed by atoms with Crippen LogP contribution in [-0.4, -0.2) is 104 Å². The fraction of sp³-hybridized carbons (Fsp3) is 0.536.